The molecule has 1 heterocycles. The second kappa shape index (κ2) is 13.1. The Morgan fingerprint density at radius 1 is 1.15 bits per heavy atom. The third kappa shape index (κ3) is 6.78. The number of anilines is 1. The fraction of sp³-hybridized carbons (Fsp3) is 0.259. The van der Waals surface area contributed by atoms with E-state index in [1.54, 1.807) is 18.2 Å². The average Bonchev–Trinajstić information content (AvgIpc) is 3.50. The zero-order valence-corrected chi connectivity index (χ0v) is 24.3. The van der Waals surface area contributed by atoms with Crippen molar-refractivity contribution in [1.29, 1.82) is 0 Å². The number of rotatable bonds is 9. The second-order valence-corrected chi connectivity index (χ2v) is 10.7. The number of amides is 2. The van der Waals surface area contributed by atoms with Gasteiger partial charge in [0, 0.05) is 15.5 Å². The van der Waals surface area contributed by atoms with Crippen LogP contribution in [-0.2, 0) is 33.8 Å². The minimum atomic E-state index is -0.987. The standard InChI is InChI=1S/C27H25BrClN3O6S/c1-3-37-20-12-15(11-18(28)23(20)38-14-16-7-4-5-9-19(16)29)13-30-32-25(34)24(33)31-26-22(27(35)36-2)17-8-6-10-21(17)39-26/h4-5,7,9,11-13H,3,6,8,10,14H2,1-2H3,(H,31,33)(H,32,34)/b30-13+. The van der Waals surface area contributed by atoms with Crippen LogP contribution < -0.4 is 20.2 Å². The Balaban J connectivity index is 1.42. The monoisotopic (exact) mass is 633 g/mol. The van der Waals surface area contributed by atoms with Crippen LogP contribution in [0.15, 0.2) is 46.0 Å². The van der Waals surface area contributed by atoms with Crippen molar-refractivity contribution in [2.45, 2.75) is 32.8 Å². The average molecular weight is 635 g/mol. The van der Waals surface area contributed by atoms with E-state index >= 15 is 0 Å². The normalized spacial score (nSPS) is 12.2. The number of carbonyl (C=O) groups is 3. The van der Waals surface area contributed by atoms with Gasteiger partial charge in [0.2, 0.25) is 0 Å². The van der Waals surface area contributed by atoms with E-state index in [1.807, 2.05) is 25.1 Å². The minimum Gasteiger partial charge on any atom is -0.490 e. The van der Waals surface area contributed by atoms with Crippen molar-refractivity contribution < 1.29 is 28.6 Å². The maximum Gasteiger partial charge on any atom is 0.341 e. The molecule has 0 saturated carbocycles. The third-order valence-corrected chi connectivity index (χ3v) is 7.95. The topological polar surface area (TPSA) is 115 Å². The number of halogens is 2. The van der Waals surface area contributed by atoms with Crippen LogP contribution in [0.25, 0.3) is 0 Å². The molecule has 4 rings (SSSR count). The van der Waals surface area contributed by atoms with Gasteiger partial charge in [0.1, 0.15) is 11.6 Å². The molecule has 1 aliphatic rings. The molecule has 0 fully saturated rings. The number of carbonyl (C=O) groups excluding carboxylic acids is 3. The first-order chi connectivity index (χ1) is 18.8. The first kappa shape index (κ1) is 28.6. The molecule has 39 heavy (non-hydrogen) atoms. The van der Waals surface area contributed by atoms with Crippen molar-refractivity contribution in [3.63, 3.8) is 0 Å². The predicted octanol–water partition coefficient (Wildman–Crippen LogP) is 5.51. The molecule has 2 N–H and O–H groups in total. The number of hydrogen-bond acceptors (Lipinski definition) is 8. The number of hydrazone groups is 1. The van der Waals surface area contributed by atoms with Gasteiger partial charge in [-0.1, -0.05) is 29.8 Å². The summed E-state index contributed by atoms with van der Waals surface area (Å²) in [5.41, 5.74) is 4.79. The predicted molar refractivity (Wildman–Crippen MR) is 153 cm³/mol. The van der Waals surface area contributed by atoms with Crippen LogP contribution in [0.1, 0.15) is 45.3 Å². The number of esters is 1. The first-order valence-electron chi connectivity index (χ1n) is 12.0. The molecule has 0 aliphatic heterocycles. The lowest BCUT2D eigenvalue weighted by Crippen LogP contribution is -2.32. The lowest BCUT2D eigenvalue weighted by atomic mass is 10.1. The summed E-state index contributed by atoms with van der Waals surface area (Å²) in [4.78, 5) is 38.2. The first-order valence-corrected chi connectivity index (χ1v) is 14.0. The highest BCUT2D eigenvalue weighted by Crippen LogP contribution is 2.40. The van der Waals surface area contributed by atoms with Crippen molar-refractivity contribution in [1.82, 2.24) is 5.43 Å². The van der Waals surface area contributed by atoms with E-state index in [4.69, 9.17) is 25.8 Å². The Morgan fingerprint density at radius 2 is 1.95 bits per heavy atom. The molecule has 2 amide bonds. The van der Waals surface area contributed by atoms with E-state index in [2.05, 4.69) is 31.8 Å². The van der Waals surface area contributed by atoms with Crippen molar-refractivity contribution in [3.05, 3.63) is 73.0 Å². The number of benzene rings is 2. The van der Waals surface area contributed by atoms with Crippen LogP contribution in [0.3, 0.4) is 0 Å². The molecule has 1 aliphatic carbocycles. The zero-order chi connectivity index (χ0) is 27.9. The molecule has 0 spiro atoms. The molecule has 2 aromatic carbocycles. The summed E-state index contributed by atoms with van der Waals surface area (Å²) < 4.78 is 17.2. The van der Waals surface area contributed by atoms with Crippen LogP contribution >= 0.6 is 38.9 Å². The van der Waals surface area contributed by atoms with Gasteiger partial charge < -0.3 is 19.5 Å². The quantitative estimate of drug-likeness (QED) is 0.139. The van der Waals surface area contributed by atoms with Crippen LogP contribution in [-0.4, -0.2) is 37.7 Å². The van der Waals surface area contributed by atoms with E-state index < -0.39 is 17.8 Å². The van der Waals surface area contributed by atoms with Crippen LogP contribution in [0, 0.1) is 0 Å². The number of nitrogens with one attached hydrogen (secondary N) is 2. The van der Waals surface area contributed by atoms with Gasteiger partial charge in [0.15, 0.2) is 11.5 Å². The molecule has 0 saturated heterocycles. The SMILES string of the molecule is CCOc1cc(/C=N/NC(=O)C(=O)Nc2sc3c(c2C(=O)OC)CCC3)cc(Br)c1OCc1ccccc1Cl. The number of nitrogens with zero attached hydrogens (tertiary/aromatic N) is 1. The van der Waals surface area contributed by atoms with Crippen LogP contribution in [0.2, 0.25) is 5.02 Å². The number of methoxy groups -OCH3 is 1. The maximum atomic E-state index is 12.5. The summed E-state index contributed by atoms with van der Waals surface area (Å²) in [6.45, 7) is 2.48. The van der Waals surface area contributed by atoms with Gasteiger partial charge in [-0.05, 0) is 71.4 Å². The Hall–Kier alpha value is -3.41. The number of ether oxygens (including phenoxy) is 3. The van der Waals surface area contributed by atoms with Crippen LogP contribution in [0.5, 0.6) is 11.5 Å². The lowest BCUT2D eigenvalue weighted by Gasteiger charge is -2.15. The minimum absolute atomic E-state index is 0.238. The fourth-order valence-corrected chi connectivity index (χ4v) is 6.05. The Kier molecular flexibility index (Phi) is 9.60. The Bertz CT molecular complexity index is 1440. The second-order valence-electron chi connectivity index (χ2n) is 8.35. The number of hydrogen-bond donors (Lipinski definition) is 2. The van der Waals surface area contributed by atoms with Gasteiger partial charge in [-0.15, -0.1) is 11.3 Å². The molecule has 9 nitrogen and oxygen atoms in total. The molecule has 1 aromatic heterocycles. The summed E-state index contributed by atoms with van der Waals surface area (Å²) in [5, 5.41) is 7.31. The van der Waals surface area contributed by atoms with Gasteiger partial charge in [-0.3, -0.25) is 9.59 Å². The van der Waals surface area contributed by atoms with E-state index in [1.165, 1.54) is 24.7 Å². The van der Waals surface area contributed by atoms with E-state index in [-0.39, 0.29) is 6.61 Å². The Morgan fingerprint density at radius 3 is 2.69 bits per heavy atom. The Labute approximate surface area is 242 Å². The largest absolute Gasteiger partial charge is 0.490 e. The lowest BCUT2D eigenvalue weighted by molar-refractivity contribution is -0.136. The summed E-state index contributed by atoms with van der Waals surface area (Å²) in [6.07, 6.45) is 3.85. The third-order valence-electron chi connectivity index (χ3n) is 5.79. The number of aryl methyl sites for hydroxylation is 1. The van der Waals surface area contributed by atoms with Crippen molar-refractivity contribution in [2.75, 3.05) is 19.0 Å². The van der Waals surface area contributed by atoms with E-state index in [0.29, 0.717) is 43.7 Å². The van der Waals surface area contributed by atoms with Crippen molar-refractivity contribution in [3.8, 4) is 11.5 Å². The molecule has 204 valence electrons. The molecular formula is C27H25BrClN3O6S. The van der Waals surface area contributed by atoms with Crippen molar-refractivity contribution >= 4 is 67.9 Å². The molecule has 0 atom stereocenters. The van der Waals surface area contributed by atoms with E-state index in [0.717, 1.165) is 35.3 Å². The number of thiophene rings is 1. The highest BCUT2D eigenvalue weighted by Gasteiger charge is 2.29. The van der Waals surface area contributed by atoms with Crippen molar-refractivity contribution in [2.24, 2.45) is 5.10 Å². The molecule has 0 bridgehead atoms. The summed E-state index contributed by atoms with van der Waals surface area (Å²) in [5.74, 6) is -1.53. The van der Waals surface area contributed by atoms with Gasteiger partial charge in [-0.25, -0.2) is 10.2 Å². The molecule has 0 unspecified atom stereocenters. The molecule has 0 radical (unpaired) electrons. The fourth-order valence-electron chi connectivity index (χ4n) is 4.02. The van der Waals surface area contributed by atoms with Gasteiger partial charge in [-0.2, -0.15) is 5.10 Å². The van der Waals surface area contributed by atoms with Gasteiger partial charge >= 0.3 is 17.8 Å². The van der Waals surface area contributed by atoms with Crippen LogP contribution in [0.4, 0.5) is 5.00 Å². The molecule has 3 aromatic rings. The summed E-state index contributed by atoms with van der Waals surface area (Å²) in [6, 6.07) is 10.8. The molecule has 12 heteroatoms. The molecular weight excluding hydrogens is 610 g/mol. The smallest absolute Gasteiger partial charge is 0.341 e. The number of fused-ring (bicyclic) bond motifs is 1. The summed E-state index contributed by atoms with van der Waals surface area (Å²) >= 11 is 11.0. The zero-order valence-electron chi connectivity index (χ0n) is 21.1. The highest BCUT2D eigenvalue weighted by atomic mass is 79.9. The van der Waals surface area contributed by atoms with Gasteiger partial charge in [0.05, 0.1) is 30.0 Å². The maximum absolute atomic E-state index is 12.5. The highest BCUT2D eigenvalue weighted by molar-refractivity contribution is 9.10. The van der Waals surface area contributed by atoms with Gasteiger partial charge in [0.25, 0.3) is 0 Å². The summed E-state index contributed by atoms with van der Waals surface area (Å²) in [7, 11) is 1.28. The van der Waals surface area contributed by atoms with E-state index in [9.17, 15) is 14.4 Å².